The first kappa shape index (κ1) is 11.6. The van der Waals surface area contributed by atoms with Crippen LogP contribution in [0.15, 0.2) is 17.5 Å². The lowest BCUT2D eigenvalue weighted by Crippen LogP contribution is -2.22. The topological polar surface area (TPSA) is 86.5 Å². The van der Waals surface area contributed by atoms with Crippen molar-refractivity contribution in [3.8, 4) is 10.6 Å². The third kappa shape index (κ3) is 2.13. The summed E-state index contributed by atoms with van der Waals surface area (Å²) in [5.41, 5.74) is 0.883. The number of aliphatic hydroxyl groups excluding tert-OH is 3. The molecule has 2 atom stereocenters. The number of aliphatic hydroxyl groups is 3. The minimum Gasteiger partial charge on any atom is -0.394 e. The zero-order valence-corrected chi connectivity index (χ0v) is 9.78. The molecule has 0 aliphatic heterocycles. The summed E-state index contributed by atoms with van der Waals surface area (Å²) in [4.78, 5) is 0.882. The number of thiophene rings is 1. The Kier molecular flexibility index (Phi) is 3.62. The molecule has 2 rings (SSSR count). The van der Waals surface area contributed by atoms with E-state index in [4.69, 9.17) is 5.11 Å². The van der Waals surface area contributed by atoms with Crippen molar-refractivity contribution in [1.82, 2.24) is 8.75 Å². The molecule has 2 heterocycles. The Morgan fingerprint density at radius 3 is 2.75 bits per heavy atom. The van der Waals surface area contributed by atoms with Gasteiger partial charge in [-0.25, -0.2) is 0 Å². The highest BCUT2D eigenvalue weighted by Crippen LogP contribution is 2.30. The highest BCUT2D eigenvalue weighted by Gasteiger charge is 2.25. The minimum absolute atomic E-state index is 0.314. The van der Waals surface area contributed by atoms with Crippen LogP contribution < -0.4 is 0 Å². The van der Waals surface area contributed by atoms with Gasteiger partial charge in [0.1, 0.15) is 23.6 Å². The monoisotopic (exact) mass is 258 g/mol. The average Bonchev–Trinajstić information content (AvgIpc) is 2.95. The van der Waals surface area contributed by atoms with Crippen LogP contribution in [0.3, 0.4) is 0 Å². The van der Waals surface area contributed by atoms with E-state index >= 15 is 0 Å². The Hall–Kier alpha value is -0.860. The summed E-state index contributed by atoms with van der Waals surface area (Å²) < 4.78 is 8.04. The van der Waals surface area contributed by atoms with Gasteiger partial charge in [-0.3, -0.25) is 0 Å². The van der Waals surface area contributed by atoms with Crippen LogP contribution in [0.25, 0.3) is 10.6 Å². The summed E-state index contributed by atoms with van der Waals surface area (Å²) in [5, 5.41) is 29.8. The van der Waals surface area contributed by atoms with Crippen LogP contribution in [-0.2, 0) is 0 Å². The van der Waals surface area contributed by atoms with Crippen molar-refractivity contribution in [2.45, 2.75) is 12.2 Å². The van der Waals surface area contributed by atoms with E-state index in [1.54, 1.807) is 0 Å². The van der Waals surface area contributed by atoms with Crippen molar-refractivity contribution >= 4 is 23.1 Å². The third-order valence-electron chi connectivity index (χ3n) is 2.10. The van der Waals surface area contributed by atoms with Crippen LogP contribution in [0, 0.1) is 0 Å². The second-order valence-electron chi connectivity index (χ2n) is 3.17. The maximum atomic E-state index is 9.76. The normalized spacial score (nSPS) is 14.9. The smallest absolute Gasteiger partial charge is 0.127 e. The Morgan fingerprint density at radius 1 is 1.31 bits per heavy atom. The fourth-order valence-electron chi connectivity index (χ4n) is 1.26. The molecular weight excluding hydrogens is 248 g/mol. The Balaban J connectivity index is 2.33. The van der Waals surface area contributed by atoms with Gasteiger partial charge in [-0.2, -0.15) is 8.75 Å². The largest absolute Gasteiger partial charge is 0.394 e. The summed E-state index contributed by atoms with van der Waals surface area (Å²) in [5.74, 6) is 0. The Bertz CT molecular complexity index is 443. The number of rotatable bonds is 4. The Labute approximate surface area is 100.0 Å². The molecule has 0 aliphatic rings. The van der Waals surface area contributed by atoms with Gasteiger partial charge in [-0.05, 0) is 11.4 Å². The summed E-state index contributed by atoms with van der Waals surface area (Å²) in [7, 11) is 0. The zero-order valence-electron chi connectivity index (χ0n) is 8.15. The second kappa shape index (κ2) is 4.98. The van der Waals surface area contributed by atoms with E-state index in [1.807, 2.05) is 17.5 Å². The van der Waals surface area contributed by atoms with E-state index in [0.29, 0.717) is 11.4 Å². The highest BCUT2D eigenvalue weighted by atomic mass is 32.1. The van der Waals surface area contributed by atoms with Crippen LogP contribution in [0.1, 0.15) is 11.8 Å². The second-order valence-corrected chi connectivity index (χ2v) is 4.65. The minimum atomic E-state index is -1.23. The number of hydrogen-bond donors (Lipinski definition) is 3. The van der Waals surface area contributed by atoms with Crippen molar-refractivity contribution in [1.29, 1.82) is 0 Å². The molecular formula is C9H10N2O3S2. The van der Waals surface area contributed by atoms with Crippen molar-refractivity contribution < 1.29 is 15.3 Å². The van der Waals surface area contributed by atoms with Gasteiger partial charge in [0.05, 0.1) is 23.2 Å². The molecule has 16 heavy (non-hydrogen) atoms. The van der Waals surface area contributed by atoms with Gasteiger partial charge >= 0.3 is 0 Å². The molecule has 0 aromatic carbocycles. The van der Waals surface area contributed by atoms with Gasteiger partial charge in [0, 0.05) is 0 Å². The molecule has 0 amide bonds. The summed E-state index contributed by atoms with van der Waals surface area (Å²) in [6.45, 7) is -0.511. The van der Waals surface area contributed by atoms with Crippen molar-refractivity contribution in [2.24, 2.45) is 0 Å². The summed E-state index contributed by atoms with van der Waals surface area (Å²) in [6.07, 6.45) is -2.44. The summed E-state index contributed by atoms with van der Waals surface area (Å²) >= 11 is 2.46. The maximum absolute atomic E-state index is 9.76. The lowest BCUT2D eigenvalue weighted by atomic mass is 10.1. The van der Waals surface area contributed by atoms with Crippen LogP contribution >= 0.6 is 23.1 Å². The molecule has 3 N–H and O–H groups in total. The van der Waals surface area contributed by atoms with E-state index in [2.05, 4.69) is 8.75 Å². The van der Waals surface area contributed by atoms with Crippen molar-refractivity contribution in [3.05, 3.63) is 23.2 Å². The van der Waals surface area contributed by atoms with Crippen LogP contribution in [-0.4, -0.2) is 36.8 Å². The average molecular weight is 258 g/mol. The highest BCUT2D eigenvalue weighted by molar-refractivity contribution is 7.13. The number of hydrogen-bond acceptors (Lipinski definition) is 7. The van der Waals surface area contributed by atoms with E-state index < -0.39 is 18.8 Å². The lowest BCUT2D eigenvalue weighted by Gasteiger charge is -2.13. The first-order valence-electron chi connectivity index (χ1n) is 4.57. The molecule has 2 unspecified atom stereocenters. The van der Waals surface area contributed by atoms with Crippen molar-refractivity contribution in [3.63, 3.8) is 0 Å². The van der Waals surface area contributed by atoms with E-state index in [-0.39, 0.29) is 0 Å². The molecule has 2 aromatic heterocycles. The van der Waals surface area contributed by atoms with E-state index in [1.165, 1.54) is 11.3 Å². The molecule has 0 radical (unpaired) electrons. The van der Waals surface area contributed by atoms with Crippen molar-refractivity contribution in [2.75, 3.05) is 6.61 Å². The van der Waals surface area contributed by atoms with Gasteiger partial charge in [-0.15, -0.1) is 11.3 Å². The molecule has 0 aliphatic carbocycles. The molecule has 0 saturated carbocycles. The molecule has 0 spiro atoms. The van der Waals surface area contributed by atoms with Gasteiger partial charge in [0.15, 0.2) is 0 Å². The predicted molar refractivity (Wildman–Crippen MR) is 61.3 cm³/mol. The predicted octanol–water partition coefficient (Wildman–Crippen LogP) is 0.653. The summed E-state index contributed by atoms with van der Waals surface area (Å²) in [6, 6.07) is 3.74. The van der Waals surface area contributed by atoms with E-state index in [0.717, 1.165) is 16.6 Å². The first-order chi connectivity index (χ1) is 7.74. The fraction of sp³-hybridized carbons (Fsp3) is 0.333. The van der Waals surface area contributed by atoms with Crippen LogP contribution in [0.5, 0.6) is 0 Å². The van der Waals surface area contributed by atoms with Gasteiger partial charge in [0.2, 0.25) is 0 Å². The quantitative estimate of drug-likeness (QED) is 0.749. The molecule has 7 heteroatoms. The zero-order chi connectivity index (χ0) is 11.5. The molecule has 0 bridgehead atoms. The van der Waals surface area contributed by atoms with Crippen LogP contribution in [0.4, 0.5) is 0 Å². The SMILES string of the molecule is OCC(O)C(O)c1nsnc1-c1cccs1. The molecule has 86 valence electrons. The lowest BCUT2D eigenvalue weighted by molar-refractivity contribution is -0.0166. The molecule has 0 saturated heterocycles. The number of nitrogens with zero attached hydrogens (tertiary/aromatic N) is 2. The van der Waals surface area contributed by atoms with Gasteiger partial charge in [0.25, 0.3) is 0 Å². The van der Waals surface area contributed by atoms with Gasteiger partial charge in [-0.1, -0.05) is 6.07 Å². The maximum Gasteiger partial charge on any atom is 0.127 e. The molecule has 2 aromatic rings. The standard InChI is InChI=1S/C9H10N2O3S2/c12-4-5(13)9(14)8-7(10-16-11-8)6-2-1-3-15-6/h1-3,5,9,12-14H,4H2. The number of aromatic nitrogens is 2. The third-order valence-corrected chi connectivity index (χ3v) is 3.52. The molecule has 5 nitrogen and oxygen atoms in total. The first-order valence-corrected chi connectivity index (χ1v) is 6.18. The fourth-order valence-corrected chi connectivity index (χ4v) is 2.63. The molecule has 0 fully saturated rings. The Morgan fingerprint density at radius 2 is 2.12 bits per heavy atom. The van der Waals surface area contributed by atoms with Gasteiger partial charge < -0.3 is 15.3 Å². The van der Waals surface area contributed by atoms with E-state index in [9.17, 15) is 10.2 Å². The van der Waals surface area contributed by atoms with Crippen LogP contribution in [0.2, 0.25) is 0 Å².